The van der Waals surface area contributed by atoms with Gasteiger partial charge in [-0.2, -0.15) is 0 Å². The highest BCUT2D eigenvalue weighted by molar-refractivity contribution is 5.96. The number of carbonyl (C=O) groups is 1. The van der Waals surface area contributed by atoms with Crippen LogP contribution in [0, 0.1) is 5.41 Å². The lowest BCUT2D eigenvalue weighted by Crippen LogP contribution is -2.59. The van der Waals surface area contributed by atoms with Crippen molar-refractivity contribution in [2.75, 3.05) is 44.9 Å². The summed E-state index contributed by atoms with van der Waals surface area (Å²) in [6.07, 6.45) is 3.28. The van der Waals surface area contributed by atoms with Crippen molar-refractivity contribution in [3.8, 4) is 11.3 Å². The van der Waals surface area contributed by atoms with Crippen LogP contribution in [0.3, 0.4) is 0 Å². The maximum Gasteiger partial charge on any atom is 0.253 e. The monoisotopic (exact) mass is 630 g/mol. The van der Waals surface area contributed by atoms with Gasteiger partial charge in [0.25, 0.3) is 5.91 Å². The van der Waals surface area contributed by atoms with Gasteiger partial charge in [0.1, 0.15) is 12.2 Å². The number of pyridine rings is 1. The topological polar surface area (TPSA) is 120 Å². The molecule has 8 rings (SSSR count). The molecule has 5 aliphatic rings. The first-order chi connectivity index (χ1) is 22.3. The normalized spacial score (nSPS) is 32.4. The SMILES string of the molecule is CCn1c2c3c4cc(ccc41)N1CCO[C@@H](C[C@H](N)C(=O)N4CCC[C@H](N4)C4OC4OCC(C)(C)C3[C@H](OC)c3ncccc3-2)C1. The lowest BCUT2D eigenvalue weighted by Gasteiger charge is -2.42. The number of hydrogen-bond acceptors (Lipinski definition) is 9. The first-order valence-electron chi connectivity index (χ1n) is 16.9. The van der Waals surface area contributed by atoms with E-state index in [1.165, 1.54) is 22.2 Å². The molecule has 6 heterocycles. The fourth-order valence-electron chi connectivity index (χ4n) is 8.51. The maximum atomic E-state index is 13.5. The van der Waals surface area contributed by atoms with Gasteiger partial charge >= 0.3 is 0 Å². The van der Waals surface area contributed by atoms with Crippen molar-refractivity contribution in [3.05, 3.63) is 47.8 Å². The van der Waals surface area contributed by atoms with Crippen molar-refractivity contribution in [1.29, 1.82) is 0 Å². The van der Waals surface area contributed by atoms with E-state index in [4.69, 9.17) is 29.7 Å². The van der Waals surface area contributed by atoms with Gasteiger partial charge in [0.05, 0.1) is 42.8 Å². The molecule has 3 aromatic rings. The number of carbonyl (C=O) groups excluding carboxylic acids is 1. The van der Waals surface area contributed by atoms with Crippen molar-refractivity contribution in [2.24, 2.45) is 11.1 Å². The molecule has 3 unspecified atom stereocenters. The molecule has 1 aliphatic carbocycles. The molecule has 7 atom stereocenters. The predicted molar refractivity (Wildman–Crippen MR) is 174 cm³/mol. The minimum atomic E-state index is -0.653. The summed E-state index contributed by atoms with van der Waals surface area (Å²) in [5, 5.41) is 2.92. The number of methoxy groups -OCH3 is 1. The number of anilines is 1. The summed E-state index contributed by atoms with van der Waals surface area (Å²) in [5.74, 6) is -0.127. The quantitative estimate of drug-likeness (QED) is 0.409. The molecule has 46 heavy (non-hydrogen) atoms. The second-order valence-electron chi connectivity index (χ2n) is 14.2. The number of epoxide rings is 1. The zero-order valence-electron chi connectivity index (χ0n) is 27.3. The lowest BCUT2D eigenvalue weighted by atomic mass is 9.67. The molecule has 11 nitrogen and oxygen atoms in total. The molecule has 11 heteroatoms. The minimum Gasteiger partial charge on any atom is -0.374 e. The van der Waals surface area contributed by atoms with E-state index in [0.29, 0.717) is 32.7 Å². The number of rotatable bonds is 2. The minimum absolute atomic E-state index is 0.00899. The number of aromatic nitrogens is 2. The van der Waals surface area contributed by atoms with E-state index in [0.717, 1.165) is 42.9 Å². The van der Waals surface area contributed by atoms with Crippen LogP contribution in [-0.2, 0) is 30.3 Å². The molecule has 0 spiro atoms. The van der Waals surface area contributed by atoms with E-state index >= 15 is 0 Å². The number of amides is 1. The largest absolute Gasteiger partial charge is 0.374 e. The standard InChI is InChI=1S/C35H46N6O5/c1-5-40-26-11-10-20-16-23(26)27-28(32(43-4)29-22(30(27)40)8-6-12-37-29)35(2,3)19-45-34-31(46-34)25-9-7-13-41(38-25)33(42)24(36)17-21-18-39(20)14-15-44-21/h6,8,10-12,16,21,24-25,28,31-32,34,38H,5,7,9,13-15,17-19,36H2,1-4H3/t21-,24-,25-,28?,31?,32-,34?/m0/s1. The van der Waals surface area contributed by atoms with Gasteiger partial charge in [-0.15, -0.1) is 0 Å². The third-order valence-electron chi connectivity index (χ3n) is 10.8. The Hall–Kier alpha value is -3.06. The highest BCUT2D eigenvalue weighted by Gasteiger charge is 2.51. The highest BCUT2D eigenvalue weighted by Crippen LogP contribution is 2.57. The fourth-order valence-corrected chi connectivity index (χ4v) is 8.51. The maximum absolute atomic E-state index is 13.5. The zero-order valence-corrected chi connectivity index (χ0v) is 27.3. The molecule has 4 aliphatic heterocycles. The van der Waals surface area contributed by atoms with Crippen LogP contribution in [0.1, 0.15) is 63.3 Å². The smallest absolute Gasteiger partial charge is 0.253 e. The first kappa shape index (κ1) is 30.3. The molecule has 6 bridgehead atoms. The van der Waals surface area contributed by atoms with Gasteiger partial charge in [0.15, 0.2) is 6.29 Å². The molecule has 2 aromatic heterocycles. The first-order valence-corrected chi connectivity index (χ1v) is 16.9. The van der Waals surface area contributed by atoms with Crippen LogP contribution in [0.15, 0.2) is 36.5 Å². The van der Waals surface area contributed by atoms with Gasteiger partial charge in [-0.05, 0) is 67.5 Å². The molecular weight excluding hydrogens is 584 g/mol. The van der Waals surface area contributed by atoms with Crippen LogP contribution >= 0.6 is 0 Å². The molecule has 246 valence electrons. The Morgan fingerprint density at radius 3 is 2.89 bits per heavy atom. The van der Waals surface area contributed by atoms with E-state index in [-0.39, 0.29) is 47.9 Å². The zero-order chi connectivity index (χ0) is 31.7. The Kier molecular flexibility index (Phi) is 7.62. The van der Waals surface area contributed by atoms with Gasteiger partial charge < -0.3 is 34.1 Å². The van der Waals surface area contributed by atoms with E-state index in [9.17, 15) is 4.79 Å². The van der Waals surface area contributed by atoms with E-state index in [1.807, 2.05) is 12.3 Å². The number of nitrogens with one attached hydrogen (secondary N) is 1. The van der Waals surface area contributed by atoms with Crippen molar-refractivity contribution >= 4 is 22.5 Å². The number of aryl methyl sites for hydroxylation is 1. The number of nitrogens with two attached hydrogens (primary N) is 1. The van der Waals surface area contributed by atoms with Crippen LogP contribution in [0.4, 0.5) is 5.69 Å². The van der Waals surface area contributed by atoms with Crippen LogP contribution in [0.5, 0.6) is 0 Å². The van der Waals surface area contributed by atoms with Crippen LogP contribution < -0.4 is 16.1 Å². The summed E-state index contributed by atoms with van der Waals surface area (Å²) in [4.78, 5) is 20.8. The Morgan fingerprint density at radius 1 is 1.20 bits per heavy atom. The second kappa shape index (κ2) is 11.6. The molecule has 3 saturated heterocycles. The third-order valence-corrected chi connectivity index (χ3v) is 10.8. The molecule has 3 fully saturated rings. The summed E-state index contributed by atoms with van der Waals surface area (Å²) in [7, 11) is 1.80. The van der Waals surface area contributed by atoms with Gasteiger partial charge in [-0.3, -0.25) is 14.8 Å². The third kappa shape index (κ3) is 4.94. The molecule has 3 N–H and O–H groups in total. The van der Waals surface area contributed by atoms with E-state index < -0.39 is 6.04 Å². The van der Waals surface area contributed by atoms with Crippen LogP contribution in [0.2, 0.25) is 0 Å². The van der Waals surface area contributed by atoms with Gasteiger partial charge in [-0.1, -0.05) is 13.8 Å². The molecule has 0 radical (unpaired) electrons. The summed E-state index contributed by atoms with van der Waals surface area (Å²) in [6.45, 7) is 10.7. The molecule has 0 saturated carbocycles. The number of fused-ring (bicyclic) bond motifs is 10. The summed E-state index contributed by atoms with van der Waals surface area (Å²) < 4.78 is 27.6. The number of nitrogens with zero attached hydrogens (tertiary/aromatic N) is 4. The Bertz CT molecular complexity index is 1640. The lowest BCUT2D eigenvalue weighted by molar-refractivity contribution is -0.139. The second-order valence-corrected chi connectivity index (χ2v) is 14.2. The average Bonchev–Trinajstić information content (AvgIpc) is 3.79. The van der Waals surface area contributed by atoms with E-state index in [2.05, 4.69) is 59.9 Å². The Balaban J connectivity index is 1.26. The summed E-state index contributed by atoms with van der Waals surface area (Å²) in [5.41, 5.74) is 16.6. The molecule has 1 aromatic carbocycles. The van der Waals surface area contributed by atoms with Gasteiger partial charge in [0, 0.05) is 67.6 Å². The summed E-state index contributed by atoms with van der Waals surface area (Å²) in [6, 6.07) is 10.4. The van der Waals surface area contributed by atoms with Gasteiger partial charge in [0.2, 0.25) is 0 Å². The van der Waals surface area contributed by atoms with Crippen molar-refractivity contribution in [2.45, 2.75) is 89.2 Å². The molecule has 1 amide bonds. The Labute approximate surface area is 270 Å². The predicted octanol–water partition coefficient (Wildman–Crippen LogP) is 3.71. The number of morpholine rings is 1. The van der Waals surface area contributed by atoms with Gasteiger partial charge in [-0.25, -0.2) is 5.43 Å². The van der Waals surface area contributed by atoms with Crippen molar-refractivity contribution in [3.63, 3.8) is 0 Å². The van der Waals surface area contributed by atoms with Crippen LogP contribution in [0.25, 0.3) is 22.2 Å². The fraction of sp³-hybridized carbons (Fsp3) is 0.600. The summed E-state index contributed by atoms with van der Waals surface area (Å²) >= 11 is 0. The highest BCUT2D eigenvalue weighted by atomic mass is 16.8. The number of hydrazine groups is 1. The number of hydrogen-bond donors (Lipinski definition) is 2. The number of ether oxygens (including phenoxy) is 4. The van der Waals surface area contributed by atoms with E-state index in [1.54, 1.807) is 12.1 Å². The van der Waals surface area contributed by atoms with Crippen molar-refractivity contribution < 1.29 is 23.7 Å². The number of benzene rings is 1. The van der Waals surface area contributed by atoms with Crippen molar-refractivity contribution in [1.82, 2.24) is 20.0 Å². The Morgan fingerprint density at radius 2 is 2.07 bits per heavy atom. The average molecular weight is 631 g/mol. The van der Waals surface area contributed by atoms with Crippen LogP contribution in [-0.4, -0.2) is 91.0 Å². The molecular formula is C35H46N6O5.